The van der Waals surface area contributed by atoms with Crippen LogP contribution in [0.4, 0.5) is 0 Å². The Bertz CT molecular complexity index is 1030. The van der Waals surface area contributed by atoms with Crippen LogP contribution in [0.25, 0.3) is 0 Å². The predicted molar refractivity (Wildman–Crippen MR) is 106 cm³/mol. The smallest absolute Gasteiger partial charge is 0.257 e. The zero-order chi connectivity index (χ0) is 20.8. The van der Waals surface area contributed by atoms with E-state index in [0.29, 0.717) is 43.4 Å². The van der Waals surface area contributed by atoms with E-state index in [0.717, 1.165) is 31.5 Å². The third-order valence-corrected chi connectivity index (χ3v) is 7.17. The molecule has 10 nitrogen and oxygen atoms in total. The Morgan fingerprint density at radius 3 is 2.69 bits per heavy atom. The quantitative estimate of drug-likeness (QED) is 0.728. The molecule has 1 atom stereocenters. The molecule has 2 aromatic rings. The average molecular weight is 422 g/mol. The molecule has 158 valence electrons. The molecule has 2 aliphatic heterocycles. The molecule has 29 heavy (non-hydrogen) atoms. The van der Waals surface area contributed by atoms with Crippen molar-refractivity contribution in [2.24, 2.45) is 0 Å². The minimum absolute atomic E-state index is 0.0616. The van der Waals surface area contributed by atoms with Crippen LogP contribution in [0.5, 0.6) is 0 Å². The van der Waals surface area contributed by atoms with Crippen molar-refractivity contribution in [2.45, 2.75) is 58.8 Å². The molecular formula is C18H27N7O3S. The van der Waals surface area contributed by atoms with Crippen molar-refractivity contribution < 1.29 is 13.2 Å². The van der Waals surface area contributed by atoms with Crippen molar-refractivity contribution in [3.63, 3.8) is 0 Å². The standard InChI is InChI=1S/C18H27N7O3S/c1-4-24-13(2)14(11-19-24)18(26)22-9-10-23-16(12-22)20-21-17(23)15-7-5-6-8-25(15)29(3,27)28/h11,15H,4-10,12H2,1-3H3. The van der Waals surface area contributed by atoms with Crippen LogP contribution in [-0.4, -0.2) is 67.4 Å². The summed E-state index contributed by atoms with van der Waals surface area (Å²) in [6.45, 7) is 6.55. The fourth-order valence-electron chi connectivity index (χ4n) is 4.31. The first-order valence-corrected chi connectivity index (χ1v) is 11.9. The van der Waals surface area contributed by atoms with Crippen molar-refractivity contribution in [3.8, 4) is 0 Å². The van der Waals surface area contributed by atoms with Crippen molar-refractivity contribution >= 4 is 15.9 Å². The summed E-state index contributed by atoms with van der Waals surface area (Å²) in [5, 5.41) is 12.9. The molecule has 0 saturated carbocycles. The molecule has 4 heterocycles. The number of carbonyl (C=O) groups excluding carboxylic acids is 1. The normalized spacial score (nSPS) is 20.7. The summed E-state index contributed by atoms with van der Waals surface area (Å²) in [4.78, 5) is 14.7. The van der Waals surface area contributed by atoms with Gasteiger partial charge in [-0.1, -0.05) is 6.42 Å². The molecule has 1 amide bonds. The van der Waals surface area contributed by atoms with Gasteiger partial charge in [-0.05, 0) is 26.7 Å². The Morgan fingerprint density at radius 2 is 2.00 bits per heavy atom. The summed E-state index contributed by atoms with van der Waals surface area (Å²) in [7, 11) is -3.31. The molecule has 1 unspecified atom stereocenters. The lowest BCUT2D eigenvalue weighted by atomic mass is 10.0. The summed E-state index contributed by atoms with van der Waals surface area (Å²) in [5.41, 5.74) is 1.46. The minimum Gasteiger partial charge on any atom is -0.329 e. The molecule has 0 spiro atoms. The highest BCUT2D eigenvalue weighted by molar-refractivity contribution is 7.88. The van der Waals surface area contributed by atoms with Gasteiger partial charge in [-0.15, -0.1) is 10.2 Å². The number of amides is 1. The van der Waals surface area contributed by atoms with Gasteiger partial charge in [-0.3, -0.25) is 9.48 Å². The van der Waals surface area contributed by atoms with Crippen LogP contribution >= 0.6 is 0 Å². The molecule has 1 fully saturated rings. The SMILES string of the molecule is CCn1ncc(C(=O)N2CCn3c(nnc3C3CCCCN3S(C)(=O)=O)C2)c1C. The Hall–Kier alpha value is -2.27. The van der Waals surface area contributed by atoms with Gasteiger partial charge >= 0.3 is 0 Å². The highest BCUT2D eigenvalue weighted by Crippen LogP contribution is 2.33. The van der Waals surface area contributed by atoms with Gasteiger partial charge in [0, 0.05) is 31.9 Å². The second kappa shape index (κ2) is 7.52. The third kappa shape index (κ3) is 3.57. The number of piperidine rings is 1. The fraction of sp³-hybridized carbons (Fsp3) is 0.667. The van der Waals surface area contributed by atoms with Crippen LogP contribution in [-0.2, 0) is 29.7 Å². The van der Waals surface area contributed by atoms with Gasteiger partial charge in [0.1, 0.15) is 0 Å². The first-order chi connectivity index (χ1) is 13.8. The predicted octanol–water partition coefficient (Wildman–Crippen LogP) is 0.946. The second-order valence-corrected chi connectivity index (χ2v) is 9.63. The first kappa shape index (κ1) is 20.0. The van der Waals surface area contributed by atoms with Crippen molar-refractivity contribution in [1.29, 1.82) is 0 Å². The highest BCUT2D eigenvalue weighted by atomic mass is 32.2. The van der Waals surface area contributed by atoms with Crippen LogP contribution in [0.3, 0.4) is 0 Å². The van der Waals surface area contributed by atoms with Gasteiger partial charge in [0.25, 0.3) is 5.91 Å². The van der Waals surface area contributed by atoms with E-state index in [9.17, 15) is 13.2 Å². The summed E-state index contributed by atoms with van der Waals surface area (Å²) in [6.07, 6.45) is 5.43. The number of carbonyl (C=O) groups is 1. The van der Waals surface area contributed by atoms with Gasteiger partial charge < -0.3 is 9.47 Å². The van der Waals surface area contributed by atoms with E-state index in [4.69, 9.17) is 0 Å². The zero-order valence-corrected chi connectivity index (χ0v) is 17.9. The van der Waals surface area contributed by atoms with E-state index >= 15 is 0 Å². The first-order valence-electron chi connectivity index (χ1n) is 10.0. The molecule has 1 saturated heterocycles. The maximum atomic E-state index is 13.0. The average Bonchev–Trinajstić information content (AvgIpc) is 3.29. The van der Waals surface area contributed by atoms with E-state index in [1.165, 1.54) is 10.6 Å². The topological polar surface area (TPSA) is 106 Å². The van der Waals surface area contributed by atoms with Crippen molar-refractivity contribution in [3.05, 3.63) is 29.1 Å². The van der Waals surface area contributed by atoms with Gasteiger partial charge in [0.15, 0.2) is 11.6 Å². The minimum atomic E-state index is -3.31. The van der Waals surface area contributed by atoms with E-state index in [-0.39, 0.29) is 11.9 Å². The number of aromatic nitrogens is 5. The van der Waals surface area contributed by atoms with Crippen molar-refractivity contribution in [1.82, 2.24) is 33.8 Å². The molecule has 0 bridgehead atoms. The number of hydrogen-bond donors (Lipinski definition) is 0. The Balaban J connectivity index is 1.57. The Morgan fingerprint density at radius 1 is 1.21 bits per heavy atom. The highest BCUT2D eigenvalue weighted by Gasteiger charge is 2.36. The third-order valence-electron chi connectivity index (χ3n) is 5.88. The Labute approximate surface area is 170 Å². The lowest BCUT2D eigenvalue weighted by Gasteiger charge is -2.34. The molecule has 4 rings (SSSR count). The van der Waals surface area contributed by atoms with E-state index < -0.39 is 10.0 Å². The fourth-order valence-corrected chi connectivity index (χ4v) is 5.43. The zero-order valence-electron chi connectivity index (χ0n) is 17.1. The van der Waals surface area contributed by atoms with E-state index in [1.54, 1.807) is 15.8 Å². The van der Waals surface area contributed by atoms with Crippen LogP contribution < -0.4 is 0 Å². The number of aryl methyl sites for hydroxylation is 1. The molecule has 2 aromatic heterocycles. The molecular weight excluding hydrogens is 394 g/mol. The lowest BCUT2D eigenvalue weighted by Crippen LogP contribution is -2.42. The van der Waals surface area contributed by atoms with Gasteiger partial charge in [-0.2, -0.15) is 9.40 Å². The molecule has 0 aliphatic carbocycles. The maximum absolute atomic E-state index is 13.0. The second-order valence-electron chi connectivity index (χ2n) is 7.70. The van der Waals surface area contributed by atoms with Crippen LogP contribution in [0.1, 0.15) is 59.9 Å². The van der Waals surface area contributed by atoms with Crippen LogP contribution in [0, 0.1) is 6.92 Å². The molecule has 0 radical (unpaired) electrons. The summed E-state index contributed by atoms with van der Waals surface area (Å²) >= 11 is 0. The van der Waals surface area contributed by atoms with Gasteiger partial charge in [-0.25, -0.2) is 8.42 Å². The number of rotatable bonds is 4. The summed E-state index contributed by atoms with van der Waals surface area (Å²) < 4.78 is 29.8. The largest absolute Gasteiger partial charge is 0.329 e. The molecule has 11 heteroatoms. The summed E-state index contributed by atoms with van der Waals surface area (Å²) in [6, 6.07) is -0.285. The number of hydrogen-bond acceptors (Lipinski definition) is 6. The molecule has 0 N–H and O–H groups in total. The Kier molecular flexibility index (Phi) is 5.19. The number of sulfonamides is 1. The molecule has 0 aromatic carbocycles. The van der Waals surface area contributed by atoms with Crippen LogP contribution in [0.2, 0.25) is 0 Å². The van der Waals surface area contributed by atoms with Crippen LogP contribution in [0.15, 0.2) is 6.20 Å². The van der Waals surface area contributed by atoms with Gasteiger partial charge in [0.2, 0.25) is 10.0 Å². The van der Waals surface area contributed by atoms with E-state index in [1.807, 2.05) is 18.4 Å². The molecule has 2 aliphatic rings. The van der Waals surface area contributed by atoms with Gasteiger partial charge in [0.05, 0.1) is 30.6 Å². The van der Waals surface area contributed by atoms with E-state index in [2.05, 4.69) is 15.3 Å². The number of fused-ring (bicyclic) bond motifs is 1. The number of nitrogens with zero attached hydrogens (tertiary/aromatic N) is 7. The lowest BCUT2D eigenvalue weighted by molar-refractivity contribution is 0.0704. The maximum Gasteiger partial charge on any atom is 0.257 e. The van der Waals surface area contributed by atoms with Crippen molar-refractivity contribution in [2.75, 3.05) is 19.3 Å². The monoisotopic (exact) mass is 421 g/mol. The summed E-state index contributed by atoms with van der Waals surface area (Å²) in [5.74, 6) is 1.32.